The van der Waals surface area contributed by atoms with Crippen molar-refractivity contribution in [3.8, 4) is 5.75 Å². The molecule has 0 aliphatic rings. The van der Waals surface area contributed by atoms with E-state index in [0.717, 1.165) is 11.1 Å². The van der Waals surface area contributed by atoms with E-state index < -0.39 is 15.9 Å². The fourth-order valence-corrected chi connectivity index (χ4v) is 6.00. The summed E-state index contributed by atoms with van der Waals surface area (Å²) in [5.74, 6) is -0.364. The van der Waals surface area contributed by atoms with E-state index in [1.165, 1.54) is 22.7 Å². The van der Waals surface area contributed by atoms with Crippen LogP contribution in [0, 0.1) is 6.92 Å². The zero-order chi connectivity index (χ0) is 32.4. The molecule has 10 heteroatoms. The molecule has 5 rings (SSSR count). The number of aryl methyl sites for hydroxylation is 1. The first kappa shape index (κ1) is 31.7. The molecule has 0 aromatic heterocycles. The van der Waals surface area contributed by atoms with Gasteiger partial charge in [0.1, 0.15) is 5.75 Å². The van der Waals surface area contributed by atoms with Crippen LogP contribution in [0.2, 0.25) is 0 Å². The zero-order valence-electron chi connectivity index (χ0n) is 25.0. The summed E-state index contributed by atoms with van der Waals surface area (Å²) in [6, 6.07) is 38.1. The maximum Gasteiger partial charge on any atom is 0.273 e. The van der Waals surface area contributed by atoms with Crippen LogP contribution in [-0.4, -0.2) is 33.1 Å². The van der Waals surface area contributed by atoms with Crippen LogP contribution in [0.25, 0.3) is 0 Å². The first-order valence-electron chi connectivity index (χ1n) is 14.4. The van der Waals surface area contributed by atoms with Gasteiger partial charge in [-0.05, 0) is 78.7 Å². The summed E-state index contributed by atoms with van der Waals surface area (Å²) in [4.78, 5) is 25.6. The van der Waals surface area contributed by atoms with Gasteiger partial charge in [-0.1, -0.05) is 78.4 Å². The van der Waals surface area contributed by atoms with Crippen molar-refractivity contribution >= 4 is 39.4 Å². The zero-order valence-corrected chi connectivity index (χ0v) is 25.9. The number of benzene rings is 5. The second kappa shape index (κ2) is 14.8. The van der Waals surface area contributed by atoms with E-state index in [-0.39, 0.29) is 35.2 Å². The lowest BCUT2D eigenvalue weighted by atomic mass is 10.1. The largest absolute Gasteiger partial charge is 0.484 e. The first-order chi connectivity index (χ1) is 22.3. The highest BCUT2D eigenvalue weighted by molar-refractivity contribution is 7.92. The van der Waals surface area contributed by atoms with Crippen molar-refractivity contribution in [3.63, 3.8) is 0 Å². The third-order valence-electron chi connectivity index (χ3n) is 6.88. The molecule has 0 heterocycles. The van der Waals surface area contributed by atoms with E-state index in [4.69, 9.17) is 4.74 Å². The number of ether oxygens (including phenoxy) is 1. The van der Waals surface area contributed by atoms with Crippen LogP contribution in [-0.2, 0) is 21.4 Å². The molecule has 0 bridgehead atoms. The Hall–Kier alpha value is -5.74. The number of hydrazone groups is 1. The monoisotopic (exact) mass is 632 g/mol. The number of hydrogen-bond acceptors (Lipinski definition) is 6. The molecule has 0 unspecified atom stereocenters. The number of carbonyl (C=O) groups excluding carboxylic acids is 2. The highest BCUT2D eigenvalue weighted by atomic mass is 32.2. The molecule has 5 aromatic rings. The Morgan fingerprint density at radius 3 is 2.11 bits per heavy atom. The summed E-state index contributed by atoms with van der Waals surface area (Å²) in [5, 5.41) is 6.86. The second-order valence-corrected chi connectivity index (χ2v) is 12.2. The smallest absolute Gasteiger partial charge is 0.273 e. The van der Waals surface area contributed by atoms with Crippen molar-refractivity contribution < 1.29 is 22.7 Å². The van der Waals surface area contributed by atoms with Gasteiger partial charge < -0.3 is 10.1 Å². The van der Waals surface area contributed by atoms with Gasteiger partial charge in [0.25, 0.3) is 21.8 Å². The van der Waals surface area contributed by atoms with Crippen LogP contribution < -0.4 is 19.8 Å². The van der Waals surface area contributed by atoms with Gasteiger partial charge in [-0.15, -0.1) is 0 Å². The number of amides is 2. The molecule has 0 fully saturated rings. The molecule has 0 spiro atoms. The van der Waals surface area contributed by atoms with Gasteiger partial charge in [0.05, 0.1) is 28.9 Å². The molecule has 46 heavy (non-hydrogen) atoms. The lowest BCUT2D eigenvalue weighted by Crippen LogP contribution is -2.33. The molecule has 0 saturated heterocycles. The van der Waals surface area contributed by atoms with E-state index >= 15 is 0 Å². The molecule has 0 aliphatic carbocycles. The van der Waals surface area contributed by atoms with Gasteiger partial charge in [0.2, 0.25) is 0 Å². The van der Waals surface area contributed by atoms with Crippen molar-refractivity contribution in [1.82, 2.24) is 5.43 Å². The predicted octanol–water partition coefficient (Wildman–Crippen LogP) is 6.17. The Morgan fingerprint density at radius 2 is 1.41 bits per heavy atom. The van der Waals surface area contributed by atoms with Gasteiger partial charge in [0.15, 0.2) is 6.61 Å². The number of para-hydroxylation sites is 1. The van der Waals surface area contributed by atoms with Gasteiger partial charge in [-0.25, -0.2) is 13.8 Å². The number of rotatable bonds is 12. The second-order valence-electron chi connectivity index (χ2n) is 10.3. The van der Waals surface area contributed by atoms with Crippen molar-refractivity contribution in [3.05, 3.63) is 156 Å². The molecule has 5 aromatic carbocycles. The molecule has 0 saturated carbocycles. The summed E-state index contributed by atoms with van der Waals surface area (Å²) in [6.07, 6.45) is 1.46. The van der Waals surface area contributed by atoms with Gasteiger partial charge in [-0.2, -0.15) is 5.10 Å². The number of nitrogens with zero attached hydrogens (tertiary/aromatic N) is 2. The lowest BCUT2D eigenvalue weighted by Gasteiger charge is -2.26. The van der Waals surface area contributed by atoms with E-state index in [1.54, 1.807) is 66.7 Å². The number of nitrogens with one attached hydrogen (secondary N) is 2. The van der Waals surface area contributed by atoms with Crippen LogP contribution >= 0.6 is 0 Å². The minimum atomic E-state index is -4.03. The Balaban J connectivity index is 1.25. The normalized spacial score (nSPS) is 11.2. The molecule has 0 atom stereocenters. The highest BCUT2D eigenvalue weighted by Gasteiger charge is 2.28. The Bertz CT molecular complexity index is 1910. The quantitative estimate of drug-likeness (QED) is 0.126. The summed E-state index contributed by atoms with van der Waals surface area (Å²) in [7, 11) is -4.03. The molecule has 0 radical (unpaired) electrons. The lowest BCUT2D eigenvalue weighted by molar-refractivity contribution is -0.118. The molecule has 2 N–H and O–H groups in total. The standard InChI is InChI=1S/C36H32N4O5S/c1-27-16-20-30(21-17-27)38-35(41)26-45-31-22-18-28(19-23-31)24-37-39-36(42)33-14-8-9-15-34(33)40(25-29-10-4-2-5-11-29)46(43,44)32-12-6-3-7-13-32/h2-24H,25-26H2,1H3,(H,38,41)(H,39,42)/b37-24+. The van der Waals surface area contributed by atoms with E-state index in [2.05, 4.69) is 15.8 Å². The summed E-state index contributed by atoms with van der Waals surface area (Å²) in [5.41, 5.74) is 6.08. The van der Waals surface area contributed by atoms with E-state index in [0.29, 0.717) is 17.0 Å². The Morgan fingerprint density at radius 1 is 0.783 bits per heavy atom. The molecule has 9 nitrogen and oxygen atoms in total. The fourth-order valence-electron chi connectivity index (χ4n) is 4.51. The number of sulfonamides is 1. The average molecular weight is 633 g/mol. The van der Waals surface area contributed by atoms with Crippen molar-refractivity contribution in [2.24, 2.45) is 5.10 Å². The summed E-state index contributed by atoms with van der Waals surface area (Å²) < 4.78 is 34.5. The highest BCUT2D eigenvalue weighted by Crippen LogP contribution is 2.29. The number of anilines is 2. The van der Waals surface area contributed by atoms with Gasteiger partial charge in [0, 0.05) is 5.69 Å². The SMILES string of the molecule is Cc1ccc(NC(=O)COc2ccc(/C=N/NC(=O)c3ccccc3N(Cc3ccccc3)S(=O)(=O)c3ccccc3)cc2)cc1. The van der Waals surface area contributed by atoms with Crippen LogP contribution in [0.15, 0.2) is 143 Å². The third kappa shape index (κ3) is 8.25. The van der Waals surface area contributed by atoms with E-state index in [1.807, 2.05) is 61.5 Å². The third-order valence-corrected chi connectivity index (χ3v) is 8.66. The summed E-state index contributed by atoms with van der Waals surface area (Å²) >= 11 is 0. The molecule has 232 valence electrons. The molecular formula is C36H32N4O5S. The first-order valence-corrected chi connectivity index (χ1v) is 15.9. The van der Waals surface area contributed by atoms with Crippen LogP contribution in [0.1, 0.15) is 27.0 Å². The van der Waals surface area contributed by atoms with E-state index in [9.17, 15) is 18.0 Å². The molecule has 0 aliphatic heterocycles. The van der Waals surface area contributed by atoms with Crippen LogP contribution in [0.3, 0.4) is 0 Å². The fraction of sp³-hybridized carbons (Fsp3) is 0.0833. The maximum absolute atomic E-state index is 13.8. The van der Waals surface area contributed by atoms with Crippen molar-refractivity contribution in [1.29, 1.82) is 0 Å². The minimum Gasteiger partial charge on any atom is -0.484 e. The summed E-state index contributed by atoms with van der Waals surface area (Å²) in [6.45, 7) is 1.84. The van der Waals surface area contributed by atoms with Crippen LogP contribution in [0.5, 0.6) is 5.75 Å². The maximum atomic E-state index is 13.8. The molecule has 2 amide bonds. The molecular weight excluding hydrogens is 600 g/mol. The minimum absolute atomic E-state index is 0.0215. The van der Waals surface area contributed by atoms with Crippen molar-refractivity contribution in [2.75, 3.05) is 16.2 Å². The number of hydrogen-bond donors (Lipinski definition) is 2. The van der Waals surface area contributed by atoms with Gasteiger partial charge in [-0.3, -0.25) is 13.9 Å². The average Bonchev–Trinajstić information content (AvgIpc) is 3.08. The van der Waals surface area contributed by atoms with Gasteiger partial charge >= 0.3 is 0 Å². The van der Waals surface area contributed by atoms with Crippen LogP contribution in [0.4, 0.5) is 11.4 Å². The Kier molecular flexibility index (Phi) is 10.2. The predicted molar refractivity (Wildman–Crippen MR) is 180 cm³/mol. The topological polar surface area (TPSA) is 117 Å². The number of carbonyl (C=O) groups is 2. The Labute approximate surface area is 268 Å². The van der Waals surface area contributed by atoms with Crippen molar-refractivity contribution in [2.45, 2.75) is 18.4 Å².